The van der Waals surface area contributed by atoms with Crippen molar-refractivity contribution in [2.75, 3.05) is 24.3 Å². The van der Waals surface area contributed by atoms with E-state index in [9.17, 15) is 9.59 Å². The van der Waals surface area contributed by atoms with Crippen LogP contribution in [-0.4, -0.2) is 51.3 Å². The van der Waals surface area contributed by atoms with E-state index in [4.69, 9.17) is 4.74 Å². The van der Waals surface area contributed by atoms with Gasteiger partial charge in [0.25, 0.3) is 0 Å². The molecule has 0 aliphatic carbocycles. The molecule has 1 fully saturated rings. The van der Waals surface area contributed by atoms with Crippen LogP contribution in [-0.2, 0) is 4.79 Å². The van der Waals surface area contributed by atoms with Crippen molar-refractivity contribution in [1.29, 1.82) is 0 Å². The van der Waals surface area contributed by atoms with Crippen molar-refractivity contribution >= 4 is 29.1 Å². The van der Waals surface area contributed by atoms with E-state index in [0.717, 1.165) is 12.1 Å². The summed E-state index contributed by atoms with van der Waals surface area (Å²) in [5.41, 5.74) is 2.03. The molecule has 0 atom stereocenters. The zero-order valence-corrected chi connectivity index (χ0v) is 16.6. The molecule has 8 nitrogen and oxygen atoms in total. The second kappa shape index (κ2) is 8.44. The maximum absolute atomic E-state index is 12.7. The molecule has 9 heteroatoms. The molecule has 0 bridgehead atoms. The standard InChI is InChI=1S/C20H19N5O3S/c1-28-18-9-3-2-8-16(18)25-20(21-22-23-25)29-13-17(26)14-6-4-7-15(12-14)24-11-5-10-19(24)27/h2-4,6-9,12H,5,10-11,13H2,1H3. The number of para-hydroxylation sites is 2. The molecule has 1 aliphatic heterocycles. The van der Waals surface area contributed by atoms with Gasteiger partial charge in [0.15, 0.2) is 5.78 Å². The van der Waals surface area contributed by atoms with Gasteiger partial charge in [-0.2, -0.15) is 4.68 Å². The van der Waals surface area contributed by atoms with Crippen LogP contribution in [0.1, 0.15) is 23.2 Å². The molecule has 0 unspecified atom stereocenters. The van der Waals surface area contributed by atoms with Crippen LogP contribution in [0.3, 0.4) is 0 Å². The van der Waals surface area contributed by atoms with Crippen LogP contribution >= 0.6 is 11.8 Å². The summed E-state index contributed by atoms with van der Waals surface area (Å²) in [5.74, 6) is 0.849. The normalized spacial score (nSPS) is 13.7. The van der Waals surface area contributed by atoms with Crippen molar-refractivity contribution in [2.24, 2.45) is 0 Å². The summed E-state index contributed by atoms with van der Waals surface area (Å²) in [6.07, 6.45) is 1.40. The van der Waals surface area contributed by atoms with Crippen LogP contribution in [0.5, 0.6) is 5.75 Å². The average molecular weight is 409 g/mol. The van der Waals surface area contributed by atoms with E-state index in [0.29, 0.717) is 35.1 Å². The number of ether oxygens (including phenoxy) is 1. The predicted molar refractivity (Wildman–Crippen MR) is 109 cm³/mol. The fraction of sp³-hybridized carbons (Fsp3) is 0.250. The first-order valence-electron chi connectivity index (χ1n) is 9.15. The minimum atomic E-state index is -0.0573. The van der Waals surface area contributed by atoms with E-state index in [1.807, 2.05) is 30.3 Å². The molecule has 29 heavy (non-hydrogen) atoms. The molecule has 0 spiro atoms. The molecule has 2 aromatic carbocycles. The molecule has 3 aromatic rings. The number of hydrogen-bond donors (Lipinski definition) is 0. The second-order valence-corrected chi connectivity index (χ2v) is 7.40. The number of ketones is 1. The molecule has 0 saturated carbocycles. The Morgan fingerprint density at radius 3 is 2.86 bits per heavy atom. The van der Waals surface area contributed by atoms with Gasteiger partial charge in [0, 0.05) is 24.2 Å². The Morgan fingerprint density at radius 2 is 2.07 bits per heavy atom. The highest BCUT2D eigenvalue weighted by Gasteiger charge is 2.22. The van der Waals surface area contributed by atoms with Crippen LogP contribution in [0.25, 0.3) is 5.69 Å². The summed E-state index contributed by atoms with van der Waals surface area (Å²) < 4.78 is 6.92. The number of methoxy groups -OCH3 is 1. The number of carbonyl (C=O) groups excluding carboxylic acids is 2. The van der Waals surface area contributed by atoms with Crippen LogP contribution in [0, 0.1) is 0 Å². The largest absolute Gasteiger partial charge is 0.494 e. The monoisotopic (exact) mass is 409 g/mol. The number of Topliss-reactive ketones (excluding diaryl/α,β-unsaturated/α-hetero) is 1. The van der Waals surface area contributed by atoms with Crippen molar-refractivity contribution in [1.82, 2.24) is 20.2 Å². The number of benzene rings is 2. The number of amides is 1. The van der Waals surface area contributed by atoms with Gasteiger partial charge in [0.2, 0.25) is 11.1 Å². The van der Waals surface area contributed by atoms with Crippen LogP contribution in [0.15, 0.2) is 53.7 Å². The molecular formula is C20H19N5O3S. The number of nitrogens with zero attached hydrogens (tertiary/aromatic N) is 5. The zero-order valence-electron chi connectivity index (χ0n) is 15.8. The SMILES string of the molecule is COc1ccccc1-n1nnnc1SCC(=O)c1cccc(N2CCCC2=O)c1. The van der Waals surface area contributed by atoms with E-state index >= 15 is 0 Å². The summed E-state index contributed by atoms with van der Waals surface area (Å²) in [4.78, 5) is 26.4. The third-order valence-corrected chi connectivity index (χ3v) is 5.56. The second-order valence-electron chi connectivity index (χ2n) is 6.46. The van der Waals surface area contributed by atoms with E-state index in [2.05, 4.69) is 15.5 Å². The lowest BCUT2D eigenvalue weighted by Gasteiger charge is -2.16. The van der Waals surface area contributed by atoms with Crippen molar-refractivity contribution < 1.29 is 14.3 Å². The number of hydrogen-bond acceptors (Lipinski definition) is 7. The molecular weight excluding hydrogens is 390 g/mol. The van der Waals surface area contributed by atoms with Crippen molar-refractivity contribution in [3.05, 3.63) is 54.1 Å². The third-order valence-electron chi connectivity index (χ3n) is 4.64. The van der Waals surface area contributed by atoms with Crippen LogP contribution in [0.4, 0.5) is 5.69 Å². The topological polar surface area (TPSA) is 90.2 Å². The number of rotatable bonds is 7. The molecule has 148 valence electrons. The first-order valence-corrected chi connectivity index (χ1v) is 10.1. The molecule has 1 amide bonds. The predicted octanol–water partition coefficient (Wildman–Crippen LogP) is 2.77. The lowest BCUT2D eigenvalue weighted by atomic mass is 10.1. The minimum Gasteiger partial charge on any atom is -0.494 e. The number of carbonyl (C=O) groups is 2. The molecule has 0 N–H and O–H groups in total. The molecule has 0 radical (unpaired) electrons. The van der Waals surface area contributed by atoms with Crippen LogP contribution < -0.4 is 9.64 Å². The van der Waals surface area contributed by atoms with Crippen LogP contribution in [0.2, 0.25) is 0 Å². The van der Waals surface area contributed by atoms with E-state index in [1.165, 1.54) is 11.8 Å². The zero-order chi connectivity index (χ0) is 20.2. The third kappa shape index (κ3) is 4.00. The van der Waals surface area contributed by atoms with Gasteiger partial charge in [0.1, 0.15) is 11.4 Å². The minimum absolute atomic E-state index is 0.0573. The number of thioether (sulfide) groups is 1. The summed E-state index contributed by atoms with van der Waals surface area (Å²) >= 11 is 1.25. The van der Waals surface area contributed by atoms with Gasteiger partial charge in [-0.25, -0.2) is 0 Å². The summed E-state index contributed by atoms with van der Waals surface area (Å²) in [5, 5.41) is 12.3. The van der Waals surface area contributed by atoms with E-state index in [-0.39, 0.29) is 17.4 Å². The van der Waals surface area contributed by atoms with Crippen molar-refractivity contribution in [3.8, 4) is 11.4 Å². The Bertz CT molecular complexity index is 1050. The summed E-state index contributed by atoms with van der Waals surface area (Å²) in [7, 11) is 1.58. The Labute approximate surface area is 171 Å². The molecule has 1 saturated heterocycles. The molecule has 2 heterocycles. The van der Waals surface area contributed by atoms with Gasteiger partial charge in [-0.3, -0.25) is 9.59 Å². The van der Waals surface area contributed by atoms with Gasteiger partial charge in [-0.15, -0.1) is 5.10 Å². The average Bonchev–Trinajstić information content (AvgIpc) is 3.40. The van der Waals surface area contributed by atoms with Crippen molar-refractivity contribution in [3.63, 3.8) is 0 Å². The smallest absolute Gasteiger partial charge is 0.227 e. The highest BCUT2D eigenvalue weighted by atomic mass is 32.2. The maximum Gasteiger partial charge on any atom is 0.227 e. The fourth-order valence-electron chi connectivity index (χ4n) is 3.21. The lowest BCUT2D eigenvalue weighted by molar-refractivity contribution is -0.117. The molecule has 1 aliphatic rings. The van der Waals surface area contributed by atoms with E-state index < -0.39 is 0 Å². The van der Waals surface area contributed by atoms with E-state index in [1.54, 1.807) is 34.9 Å². The maximum atomic E-state index is 12.7. The highest BCUT2D eigenvalue weighted by Crippen LogP contribution is 2.27. The van der Waals surface area contributed by atoms with Gasteiger partial charge in [-0.05, 0) is 41.1 Å². The Balaban J connectivity index is 1.49. The summed E-state index contributed by atoms with van der Waals surface area (Å²) in [6, 6.07) is 14.6. The molecule has 4 rings (SSSR count). The lowest BCUT2D eigenvalue weighted by Crippen LogP contribution is -2.23. The highest BCUT2D eigenvalue weighted by molar-refractivity contribution is 7.99. The number of anilines is 1. The van der Waals surface area contributed by atoms with Gasteiger partial charge < -0.3 is 9.64 Å². The van der Waals surface area contributed by atoms with Crippen molar-refractivity contribution in [2.45, 2.75) is 18.0 Å². The Kier molecular flexibility index (Phi) is 5.57. The number of aromatic nitrogens is 4. The Hall–Kier alpha value is -3.20. The fourth-order valence-corrected chi connectivity index (χ4v) is 3.98. The van der Waals surface area contributed by atoms with Gasteiger partial charge >= 0.3 is 0 Å². The Morgan fingerprint density at radius 1 is 1.21 bits per heavy atom. The first-order chi connectivity index (χ1) is 14.2. The first kappa shape index (κ1) is 19.1. The van der Waals surface area contributed by atoms with Gasteiger partial charge in [-0.1, -0.05) is 36.0 Å². The van der Waals surface area contributed by atoms with Gasteiger partial charge in [0.05, 0.1) is 12.9 Å². The number of tetrazole rings is 1. The quantitative estimate of drug-likeness (QED) is 0.438. The molecule has 1 aromatic heterocycles. The summed E-state index contributed by atoms with van der Waals surface area (Å²) in [6.45, 7) is 0.693.